The Hall–Kier alpha value is -3.22. The number of hydrogen-bond acceptors (Lipinski definition) is 4. The summed E-state index contributed by atoms with van der Waals surface area (Å²) in [6.07, 6.45) is -0.672. The second-order valence-corrected chi connectivity index (χ2v) is 11.2. The first-order chi connectivity index (χ1) is 19.5. The molecule has 2 N–H and O–H groups in total. The van der Waals surface area contributed by atoms with Crippen LogP contribution >= 0.6 is 22.6 Å². The summed E-state index contributed by atoms with van der Waals surface area (Å²) in [6, 6.07) is 13.2. The molecule has 1 aromatic heterocycles. The number of rotatable bonds is 8. The summed E-state index contributed by atoms with van der Waals surface area (Å²) in [6.45, 7) is 1.91. The third-order valence-corrected chi connectivity index (χ3v) is 7.83. The normalized spacial score (nSPS) is 18.7. The van der Waals surface area contributed by atoms with E-state index in [1.54, 1.807) is 49.4 Å². The number of benzene rings is 2. The first-order valence-corrected chi connectivity index (χ1v) is 14.4. The van der Waals surface area contributed by atoms with E-state index in [4.69, 9.17) is 4.74 Å². The van der Waals surface area contributed by atoms with E-state index in [-0.39, 0.29) is 24.3 Å². The van der Waals surface area contributed by atoms with Crippen molar-refractivity contribution in [1.82, 2.24) is 15.6 Å². The minimum absolute atomic E-state index is 0.0262. The molecule has 41 heavy (non-hydrogen) atoms. The number of nitrogens with one attached hydrogen (secondary N) is 2. The molecule has 0 bridgehead atoms. The Balaban J connectivity index is 1.82. The average Bonchev–Trinajstić information content (AvgIpc) is 2.93. The number of nitrogens with zero attached hydrogens (tertiary/aromatic N) is 1. The predicted molar refractivity (Wildman–Crippen MR) is 153 cm³/mol. The summed E-state index contributed by atoms with van der Waals surface area (Å²) in [5, 5.41) is 5.74. The van der Waals surface area contributed by atoms with Gasteiger partial charge in [0.15, 0.2) is 0 Å². The Morgan fingerprint density at radius 1 is 1.02 bits per heavy atom. The van der Waals surface area contributed by atoms with Crippen LogP contribution in [0.2, 0.25) is 0 Å². The molecular weight excluding hydrogens is 653 g/mol. The van der Waals surface area contributed by atoms with Crippen LogP contribution in [0.3, 0.4) is 0 Å². The number of carbonyl (C=O) groups is 2. The van der Waals surface area contributed by atoms with Crippen molar-refractivity contribution in [2.75, 3.05) is 6.61 Å². The molecule has 2 amide bonds. The van der Waals surface area contributed by atoms with Gasteiger partial charge in [-0.3, -0.25) is 9.78 Å². The molecule has 0 saturated heterocycles. The molecule has 6 nitrogen and oxygen atoms in total. The predicted octanol–water partition coefficient (Wildman–Crippen LogP) is 6.75. The van der Waals surface area contributed by atoms with Gasteiger partial charge in [-0.05, 0) is 83.8 Å². The number of alkyl halides is 3. The lowest BCUT2D eigenvalue weighted by molar-refractivity contribution is -0.150. The van der Waals surface area contributed by atoms with Crippen LogP contribution in [-0.2, 0) is 27.7 Å². The molecule has 11 heteroatoms. The van der Waals surface area contributed by atoms with Crippen LogP contribution < -0.4 is 10.6 Å². The lowest BCUT2D eigenvalue weighted by atomic mass is 9.79. The van der Waals surface area contributed by atoms with Crippen molar-refractivity contribution in [1.29, 1.82) is 0 Å². The van der Waals surface area contributed by atoms with E-state index in [1.165, 1.54) is 6.20 Å². The van der Waals surface area contributed by atoms with E-state index in [0.29, 0.717) is 24.5 Å². The number of hydrogen-bond donors (Lipinski definition) is 2. The maximum atomic E-state index is 14.8. The van der Waals surface area contributed by atoms with Crippen molar-refractivity contribution in [3.63, 3.8) is 0 Å². The van der Waals surface area contributed by atoms with E-state index in [9.17, 15) is 27.2 Å². The van der Waals surface area contributed by atoms with Crippen LogP contribution in [0.5, 0.6) is 0 Å². The fourth-order valence-electron chi connectivity index (χ4n) is 5.28. The summed E-state index contributed by atoms with van der Waals surface area (Å²) < 4.78 is 62.3. The van der Waals surface area contributed by atoms with E-state index >= 15 is 0 Å². The molecular formula is C30H30F4IN3O3. The first kappa shape index (κ1) is 30.7. The molecule has 0 aliphatic heterocycles. The average molecular weight is 683 g/mol. The van der Waals surface area contributed by atoms with E-state index in [1.807, 2.05) is 22.6 Å². The third kappa shape index (κ3) is 7.55. The van der Waals surface area contributed by atoms with Gasteiger partial charge in [0.05, 0.1) is 23.8 Å². The molecule has 1 aliphatic rings. The zero-order chi connectivity index (χ0) is 29.6. The number of amides is 2. The Kier molecular flexibility index (Phi) is 9.88. The number of carbonyl (C=O) groups excluding carboxylic acids is 2. The Morgan fingerprint density at radius 2 is 1.73 bits per heavy atom. The summed E-state index contributed by atoms with van der Waals surface area (Å²) in [5.41, 5.74) is -2.11. The smallest absolute Gasteiger partial charge is 0.416 e. The molecule has 1 fully saturated rings. The van der Waals surface area contributed by atoms with Crippen molar-refractivity contribution in [2.24, 2.45) is 5.92 Å². The minimum atomic E-state index is -4.83. The second-order valence-electron chi connectivity index (χ2n) is 10.0. The third-order valence-electron chi connectivity index (χ3n) is 7.19. The van der Waals surface area contributed by atoms with Crippen molar-refractivity contribution < 1.29 is 31.9 Å². The number of urea groups is 1. The summed E-state index contributed by atoms with van der Waals surface area (Å²) >= 11 is 2.05. The van der Waals surface area contributed by atoms with Crippen LogP contribution in [0.25, 0.3) is 0 Å². The zero-order valence-corrected chi connectivity index (χ0v) is 24.5. The van der Waals surface area contributed by atoms with Crippen LogP contribution in [0.1, 0.15) is 55.0 Å². The number of aromatic nitrogens is 1. The van der Waals surface area contributed by atoms with Gasteiger partial charge in [0, 0.05) is 22.2 Å². The van der Waals surface area contributed by atoms with Gasteiger partial charge in [0.1, 0.15) is 11.4 Å². The standard InChI is InChI=1S/C30H30F4IN3O3/c1-2-41-27(39)24-10-6-7-11-25(24)37-28(40)38-29(17-19-8-4-3-5-9-19,26-13-12-23(35)18-36-26)20-14-21(30(32,33)34)16-22(31)15-20/h3-5,8-9,12-16,18,24-25H,2,6-7,10-11,17H2,1H3,(H2,37,38,40)/t24-,25+,29-/m0/s1. The fraction of sp³-hybridized carbons (Fsp3) is 0.367. The highest BCUT2D eigenvalue weighted by Gasteiger charge is 2.42. The zero-order valence-electron chi connectivity index (χ0n) is 22.3. The maximum Gasteiger partial charge on any atom is 0.416 e. The van der Waals surface area contributed by atoms with Crippen molar-refractivity contribution in [2.45, 2.75) is 56.8 Å². The lowest BCUT2D eigenvalue weighted by Gasteiger charge is -2.37. The van der Waals surface area contributed by atoms with Crippen molar-refractivity contribution >= 4 is 34.6 Å². The molecule has 3 aromatic rings. The van der Waals surface area contributed by atoms with Gasteiger partial charge in [-0.15, -0.1) is 0 Å². The molecule has 0 unspecified atom stereocenters. The summed E-state index contributed by atoms with van der Waals surface area (Å²) in [7, 11) is 0. The molecule has 2 aromatic carbocycles. The molecule has 1 aliphatic carbocycles. The molecule has 218 valence electrons. The van der Waals surface area contributed by atoms with Crippen LogP contribution in [0, 0.1) is 15.3 Å². The molecule has 3 atom stereocenters. The van der Waals surface area contributed by atoms with Crippen LogP contribution in [0.4, 0.5) is 22.4 Å². The number of esters is 1. The molecule has 4 rings (SSSR count). The molecule has 1 heterocycles. The van der Waals surface area contributed by atoms with Crippen LogP contribution in [0.15, 0.2) is 66.9 Å². The van der Waals surface area contributed by atoms with Crippen molar-refractivity contribution in [3.8, 4) is 0 Å². The van der Waals surface area contributed by atoms with E-state index < -0.39 is 47.1 Å². The monoisotopic (exact) mass is 683 g/mol. The largest absolute Gasteiger partial charge is 0.466 e. The highest BCUT2D eigenvalue weighted by atomic mass is 127. The van der Waals surface area contributed by atoms with E-state index in [2.05, 4.69) is 15.6 Å². The fourth-order valence-corrected chi connectivity index (χ4v) is 5.60. The minimum Gasteiger partial charge on any atom is -0.466 e. The highest BCUT2D eigenvalue weighted by Crippen LogP contribution is 2.38. The van der Waals surface area contributed by atoms with Gasteiger partial charge >= 0.3 is 18.2 Å². The summed E-state index contributed by atoms with van der Waals surface area (Å²) in [4.78, 5) is 30.8. The van der Waals surface area contributed by atoms with Gasteiger partial charge in [-0.25, -0.2) is 9.18 Å². The topological polar surface area (TPSA) is 80.3 Å². The quantitative estimate of drug-likeness (QED) is 0.157. The number of ether oxygens (including phenoxy) is 1. The SMILES string of the molecule is CCOC(=O)[C@H]1CCCC[C@H]1NC(=O)N[C@@](Cc1ccccc1)(c1cc(F)cc(C(F)(F)F)c1)c1ccc(I)cn1. The number of halogens is 5. The Bertz CT molecular complexity index is 1360. The lowest BCUT2D eigenvalue weighted by Crippen LogP contribution is -2.56. The molecule has 0 radical (unpaired) electrons. The van der Waals surface area contributed by atoms with Crippen LogP contribution in [-0.4, -0.2) is 29.6 Å². The van der Waals surface area contributed by atoms with Gasteiger partial charge in [-0.2, -0.15) is 13.2 Å². The Morgan fingerprint density at radius 3 is 2.39 bits per heavy atom. The van der Waals surface area contributed by atoms with Gasteiger partial charge in [-0.1, -0.05) is 43.2 Å². The van der Waals surface area contributed by atoms with Crippen molar-refractivity contribution in [3.05, 3.63) is 98.6 Å². The van der Waals surface area contributed by atoms with E-state index in [0.717, 1.165) is 28.5 Å². The second kappa shape index (κ2) is 13.2. The molecule has 0 spiro atoms. The first-order valence-electron chi connectivity index (χ1n) is 13.3. The summed E-state index contributed by atoms with van der Waals surface area (Å²) in [5.74, 6) is -2.07. The van der Waals surface area contributed by atoms with Gasteiger partial charge in [0.25, 0.3) is 0 Å². The highest BCUT2D eigenvalue weighted by molar-refractivity contribution is 14.1. The number of pyridine rings is 1. The Labute approximate surface area is 249 Å². The van der Waals surface area contributed by atoms with Gasteiger partial charge < -0.3 is 15.4 Å². The maximum absolute atomic E-state index is 14.8. The van der Waals surface area contributed by atoms with Gasteiger partial charge in [0.2, 0.25) is 0 Å². The molecule has 1 saturated carbocycles.